The number of nitrogens with two attached hydrogens (primary N) is 1. The Hall–Kier alpha value is -3.23. The molecule has 0 aromatic heterocycles. The molecule has 29 heavy (non-hydrogen) atoms. The highest BCUT2D eigenvalue weighted by Gasteiger charge is 2.30. The number of benzene rings is 2. The molecule has 156 valence electrons. The van der Waals surface area contributed by atoms with Crippen LogP contribution in [0, 0.1) is 6.92 Å². The number of aryl methyl sites for hydroxylation is 1. The number of rotatable bonds is 8. The van der Waals surface area contributed by atoms with Crippen LogP contribution >= 0.6 is 0 Å². The number of halogens is 3. The van der Waals surface area contributed by atoms with Gasteiger partial charge >= 0.3 is 12.4 Å². The molecule has 6 nitrogen and oxygen atoms in total. The molecule has 0 radical (unpaired) electrons. The Bertz CT molecular complexity index is 839. The Labute approximate surface area is 166 Å². The van der Waals surface area contributed by atoms with Gasteiger partial charge in [0.05, 0.1) is 12.5 Å². The lowest BCUT2D eigenvalue weighted by atomic mass is 10.0. The van der Waals surface area contributed by atoms with E-state index in [0.717, 1.165) is 16.7 Å². The van der Waals surface area contributed by atoms with Crippen LogP contribution in [0.1, 0.15) is 29.2 Å². The first kappa shape index (κ1) is 22.1. The number of urea groups is 1. The maximum Gasteiger partial charge on any atom is 0.573 e. The third-order valence-electron chi connectivity index (χ3n) is 4.04. The summed E-state index contributed by atoms with van der Waals surface area (Å²) >= 11 is 0. The summed E-state index contributed by atoms with van der Waals surface area (Å²) in [6.07, 6.45) is -4.30. The van der Waals surface area contributed by atoms with Crippen LogP contribution in [0.2, 0.25) is 0 Å². The lowest BCUT2D eigenvalue weighted by molar-refractivity contribution is -0.274. The number of nitrogens with one attached hydrogen (secondary N) is 2. The van der Waals surface area contributed by atoms with Gasteiger partial charge in [0, 0.05) is 6.54 Å². The van der Waals surface area contributed by atoms with Gasteiger partial charge in [0.1, 0.15) is 5.75 Å². The molecule has 0 spiro atoms. The minimum absolute atomic E-state index is 0.00472. The maximum atomic E-state index is 12.2. The Morgan fingerprint density at radius 3 is 2.41 bits per heavy atom. The van der Waals surface area contributed by atoms with Crippen LogP contribution < -0.4 is 21.1 Å². The van der Waals surface area contributed by atoms with Gasteiger partial charge in [-0.25, -0.2) is 4.79 Å². The largest absolute Gasteiger partial charge is 0.573 e. The molecule has 4 N–H and O–H groups in total. The lowest BCUT2D eigenvalue weighted by Crippen LogP contribution is -2.37. The fourth-order valence-electron chi connectivity index (χ4n) is 2.77. The van der Waals surface area contributed by atoms with Crippen molar-refractivity contribution >= 4 is 11.9 Å². The first-order valence-corrected chi connectivity index (χ1v) is 8.86. The number of primary amides is 1. The SMILES string of the molecule is Cc1cccc(C(CC(=O)NCCc2ccc(OC(F)(F)F)cc2)NC(N)=O)c1. The predicted molar refractivity (Wildman–Crippen MR) is 101 cm³/mol. The fraction of sp³-hybridized carbons (Fsp3) is 0.300. The second kappa shape index (κ2) is 9.81. The molecular weight excluding hydrogens is 387 g/mol. The molecule has 0 fully saturated rings. The van der Waals surface area contributed by atoms with E-state index in [1.807, 2.05) is 25.1 Å². The molecule has 0 saturated heterocycles. The van der Waals surface area contributed by atoms with E-state index in [9.17, 15) is 22.8 Å². The van der Waals surface area contributed by atoms with E-state index in [2.05, 4.69) is 15.4 Å². The van der Waals surface area contributed by atoms with Crippen LogP contribution in [-0.2, 0) is 11.2 Å². The number of alkyl halides is 3. The monoisotopic (exact) mass is 409 g/mol. The normalized spacial score (nSPS) is 12.1. The Morgan fingerprint density at radius 1 is 1.14 bits per heavy atom. The average Bonchev–Trinajstić information content (AvgIpc) is 2.61. The predicted octanol–water partition coefficient (Wildman–Crippen LogP) is 3.35. The van der Waals surface area contributed by atoms with E-state index >= 15 is 0 Å². The van der Waals surface area contributed by atoms with Crippen molar-refractivity contribution in [1.82, 2.24) is 10.6 Å². The van der Waals surface area contributed by atoms with E-state index in [0.29, 0.717) is 6.42 Å². The van der Waals surface area contributed by atoms with Crippen molar-refractivity contribution in [3.8, 4) is 5.75 Å². The molecule has 0 bridgehead atoms. The standard InChI is InChI=1S/C20H22F3N3O3/c1-13-3-2-4-15(11-13)17(26-19(24)28)12-18(27)25-10-9-14-5-7-16(8-6-14)29-20(21,22)23/h2-8,11,17H,9-10,12H2,1H3,(H,25,27)(H3,24,26,28). The summed E-state index contributed by atoms with van der Waals surface area (Å²) in [5, 5.41) is 5.29. The first-order chi connectivity index (χ1) is 13.6. The quantitative estimate of drug-likeness (QED) is 0.624. The summed E-state index contributed by atoms with van der Waals surface area (Å²) < 4.78 is 40.3. The van der Waals surface area contributed by atoms with Crippen molar-refractivity contribution in [2.75, 3.05) is 6.54 Å². The van der Waals surface area contributed by atoms with E-state index < -0.39 is 18.4 Å². The molecule has 0 aliphatic carbocycles. The first-order valence-electron chi connectivity index (χ1n) is 8.86. The Balaban J connectivity index is 1.86. The lowest BCUT2D eigenvalue weighted by Gasteiger charge is -2.18. The zero-order valence-corrected chi connectivity index (χ0v) is 15.8. The second-order valence-electron chi connectivity index (χ2n) is 6.47. The van der Waals surface area contributed by atoms with Crippen LogP contribution in [0.3, 0.4) is 0 Å². The molecule has 2 rings (SSSR count). The van der Waals surface area contributed by atoms with Crippen LogP contribution in [0.25, 0.3) is 0 Å². The van der Waals surface area contributed by atoms with Crippen LogP contribution in [0.4, 0.5) is 18.0 Å². The van der Waals surface area contributed by atoms with E-state index in [1.165, 1.54) is 24.3 Å². The van der Waals surface area contributed by atoms with Crippen molar-refractivity contribution in [2.24, 2.45) is 5.73 Å². The molecule has 9 heteroatoms. The van der Waals surface area contributed by atoms with Crippen molar-refractivity contribution in [3.05, 3.63) is 65.2 Å². The summed E-state index contributed by atoms with van der Waals surface area (Å²) in [4.78, 5) is 23.5. The molecule has 1 atom stereocenters. The van der Waals surface area contributed by atoms with E-state index in [1.54, 1.807) is 6.07 Å². The highest BCUT2D eigenvalue weighted by Crippen LogP contribution is 2.23. The summed E-state index contributed by atoms with van der Waals surface area (Å²) in [6, 6.07) is 11.5. The van der Waals surface area contributed by atoms with Gasteiger partial charge in [-0.05, 0) is 36.6 Å². The van der Waals surface area contributed by atoms with Gasteiger partial charge in [-0.15, -0.1) is 13.2 Å². The molecular formula is C20H22F3N3O3. The Morgan fingerprint density at radius 2 is 1.83 bits per heavy atom. The van der Waals surface area contributed by atoms with Crippen molar-refractivity contribution in [1.29, 1.82) is 0 Å². The van der Waals surface area contributed by atoms with Gasteiger partial charge in [0.2, 0.25) is 5.91 Å². The minimum Gasteiger partial charge on any atom is -0.406 e. The fourth-order valence-corrected chi connectivity index (χ4v) is 2.77. The topological polar surface area (TPSA) is 93.4 Å². The van der Waals surface area contributed by atoms with Crippen molar-refractivity contribution in [2.45, 2.75) is 32.2 Å². The van der Waals surface area contributed by atoms with Crippen molar-refractivity contribution in [3.63, 3.8) is 0 Å². The number of hydrogen-bond acceptors (Lipinski definition) is 3. The minimum atomic E-state index is -4.73. The number of ether oxygens (including phenoxy) is 1. The number of carbonyl (C=O) groups is 2. The molecule has 0 heterocycles. The maximum absolute atomic E-state index is 12.2. The van der Waals surface area contributed by atoms with Gasteiger partial charge < -0.3 is 21.1 Å². The molecule has 0 aliphatic heterocycles. The van der Waals surface area contributed by atoms with E-state index in [4.69, 9.17) is 5.73 Å². The number of hydrogen-bond donors (Lipinski definition) is 3. The summed E-state index contributed by atoms with van der Waals surface area (Å²) in [5.41, 5.74) is 7.70. The van der Waals surface area contributed by atoms with Gasteiger partial charge in [-0.1, -0.05) is 42.0 Å². The number of carbonyl (C=O) groups excluding carboxylic acids is 2. The highest BCUT2D eigenvalue weighted by molar-refractivity contribution is 5.78. The summed E-state index contributed by atoms with van der Waals surface area (Å²) in [7, 11) is 0. The summed E-state index contributed by atoms with van der Waals surface area (Å²) in [5.74, 6) is -0.592. The molecule has 2 aromatic rings. The highest BCUT2D eigenvalue weighted by atomic mass is 19.4. The average molecular weight is 409 g/mol. The molecule has 2 aromatic carbocycles. The Kier molecular flexibility index (Phi) is 7.46. The number of amides is 3. The van der Waals surface area contributed by atoms with Crippen molar-refractivity contribution < 1.29 is 27.5 Å². The van der Waals surface area contributed by atoms with Crippen LogP contribution in [0.5, 0.6) is 5.75 Å². The zero-order valence-electron chi connectivity index (χ0n) is 15.8. The third kappa shape index (κ3) is 8.12. The zero-order chi connectivity index (χ0) is 21.4. The smallest absolute Gasteiger partial charge is 0.406 e. The van der Waals surface area contributed by atoms with Crippen LogP contribution in [0.15, 0.2) is 48.5 Å². The van der Waals surface area contributed by atoms with Gasteiger partial charge in [0.15, 0.2) is 0 Å². The van der Waals surface area contributed by atoms with Gasteiger partial charge in [-0.3, -0.25) is 4.79 Å². The molecule has 0 aliphatic rings. The molecule has 0 saturated carbocycles. The third-order valence-corrected chi connectivity index (χ3v) is 4.04. The van der Waals surface area contributed by atoms with Gasteiger partial charge in [0.25, 0.3) is 0 Å². The van der Waals surface area contributed by atoms with Crippen LogP contribution in [-0.4, -0.2) is 24.8 Å². The molecule has 3 amide bonds. The summed E-state index contributed by atoms with van der Waals surface area (Å²) in [6.45, 7) is 2.19. The second-order valence-corrected chi connectivity index (χ2v) is 6.47. The van der Waals surface area contributed by atoms with E-state index in [-0.39, 0.29) is 24.6 Å². The molecule has 1 unspecified atom stereocenters. The van der Waals surface area contributed by atoms with Gasteiger partial charge in [-0.2, -0.15) is 0 Å².